The number of hydrogen-bond donors (Lipinski definition) is 3. The molecule has 1 aromatic heterocycles. The van der Waals surface area contributed by atoms with Crippen LogP contribution in [0.4, 0.5) is 10.2 Å². The van der Waals surface area contributed by atoms with E-state index in [0.29, 0.717) is 36.7 Å². The Labute approximate surface area is 192 Å². The van der Waals surface area contributed by atoms with Crippen LogP contribution in [0.5, 0.6) is 5.75 Å². The van der Waals surface area contributed by atoms with E-state index in [9.17, 15) is 9.90 Å². The zero-order valence-corrected chi connectivity index (χ0v) is 18.7. The molecule has 174 valence electrons. The minimum Gasteiger partial charge on any atom is -0.508 e. The van der Waals surface area contributed by atoms with Gasteiger partial charge in [-0.05, 0) is 49.8 Å². The molecule has 0 atom stereocenters. The number of benzene rings is 2. The van der Waals surface area contributed by atoms with Crippen molar-refractivity contribution in [3.05, 3.63) is 53.8 Å². The summed E-state index contributed by atoms with van der Waals surface area (Å²) in [4.78, 5) is 16.4. The minimum atomic E-state index is -0.333. The average Bonchev–Trinajstić information content (AvgIpc) is 3.64. The normalized spacial score (nSPS) is 17.2. The highest BCUT2D eigenvalue weighted by molar-refractivity contribution is 5.99. The molecule has 2 aliphatic rings. The van der Waals surface area contributed by atoms with Crippen LogP contribution in [-0.4, -0.2) is 48.4 Å². The summed E-state index contributed by atoms with van der Waals surface area (Å²) in [7, 11) is 1.00. The van der Waals surface area contributed by atoms with Crippen LogP contribution in [0.3, 0.4) is 0 Å². The Hall–Kier alpha value is -3.03. The summed E-state index contributed by atoms with van der Waals surface area (Å²) in [6.45, 7) is 1.79. The van der Waals surface area contributed by atoms with Crippen molar-refractivity contribution in [1.29, 1.82) is 0 Å². The van der Waals surface area contributed by atoms with Crippen LogP contribution < -0.4 is 5.32 Å². The summed E-state index contributed by atoms with van der Waals surface area (Å²) in [5.74, 6) is 0.629. The lowest BCUT2D eigenvalue weighted by molar-refractivity contribution is -0.111. The molecule has 3 N–H and O–H groups in total. The number of nitrogens with one attached hydrogen (secondary N) is 1. The summed E-state index contributed by atoms with van der Waals surface area (Å²) >= 11 is 0. The van der Waals surface area contributed by atoms with Gasteiger partial charge in [0.15, 0.2) is 0 Å². The summed E-state index contributed by atoms with van der Waals surface area (Å²) in [5.41, 5.74) is 2.54. The SMILES string of the molecule is CO.O=CC1(CNc2nc3cc(O)ccc3c(-c3ccccc3F)c2C2CCOCC2)CC1. The number of aliphatic hydroxyl groups excluding tert-OH is 1. The molecule has 33 heavy (non-hydrogen) atoms. The number of aromatic nitrogens is 1. The van der Waals surface area contributed by atoms with Crippen molar-refractivity contribution < 1.29 is 24.1 Å². The molecule has 0 bridgehead atoms. The van der Waals surface area contributed by atoms with Gasteiger partial charge in [-0.25, -0.2) is 9.37 Å². The highest BCUT2D eigenvalue weighted by Gasteiger charge is 2.42. The molecule has 1 saturated carbocycles. The van der Waals surface area contributed by atoms with Crippen molar-refractivity contribution in [3.8, 4) is 16.9 Å². The van der Waals surface area contributed by atoms with E-state index in [0.717, 1.165) is 55.6 Å². The smallest absolute Gasteiger partial charge is 0.131 e. The number of phenols is 1. The number of halogens is 1. The summed E-state index contributed by atoms with van der Waals surface area (Å²) in [6.07, 6.45) is 4.40. The van der Waals surface area contributed by atoms with Crippen molar-refractivity contribution >= 4 is 23.0 Å². The summed E-state index contributed by atoms with van der Waals surface area (Å²) < 4.78 is 20.6. The van der Waals surface area contributed by atoms with Crippen LogP contribution in [-0.2, 0) is 9.53 Å². The van der Waals surface area contributed by atoms with Crippen molar-refractivity contribution in [2.45, 2.75) is 31.6 Å². The predicted molar refractivity (Wildman–Crippen MR) is 126 cm³/mol. The van der Waals surface area contributed by atoms with Gasteiger partial charge in [0.1, 0.15) is 23.7 Å². The maximum absolute atomic E-state index is 15.0. The number of aliphatic hydroxyl groups is 1. The second kappa shape index (κ2) is 9.85. The van der Waals surface area contributed by atoms with Crippen molar-refractivity contribution in [2.75, 3.05) is 32.2 Å². The first-order valence-corrected chi connectivity index (χ1v) is 11.2. The lowest BCUT2D eigenvalue weighted by Gasteiger charge is -2.28. The quantitative estimate of drug-likeness (QED) is 0.472. The summed E-state index contributed by atoms with van der Waals surface area (Å²) in [5, 5.41) is 21.3. The maximum atomic E-state index is 15.0. The fourth-order valence-electron chi connectivity index (χ4n) is 4.50. The van der Waals surface area contributed by atoms with Gasteiger partial charge in [0.05, 0.1) is 5.52 Å². The van der Waals surface area contributed by atoms with Gasteiger partial charge in [-0.1, -0.05) is 18.2 Å². The van der Waals surface area contributed by atoms with Gasteiger partial charge in [-0.3, -0.25) is 0 Å². The zero-order valence-electron chi connectivity index (χ0n) is 18.7. The van der Waals surface area contributed by atoms with Gasteiger partial charge in [-0.2, -0.15) is 0 Å². The second-order valence-electron chi connectivity index (χ2n) is 8.65. The Bertz CT molecular complexity index is 1140. The number of hydrogen-bond acceptors (Lipinski definition) is 6. The molecule has 2 aromatic carbocycles. The standard InChI is InChI=1S/C25H25FN2O3.CH4O/c26-20-4-2-1-3-18(20)23-19-6-5-17(30)13-21(19)28-24(27-14-25(15-29)9-10-25)22(23)16-7-11-31-12-8-16;1-2/h1-6,13,15-16,30H,7-12,14H2,(H,27,28);2H,1H3. The van der Waals surface area contributed by atoms with Crippen LogP contribution in [0.25, 0.3) is 22.0 Å². The van der Waals surface area contributed by atoms with Gasteiger partial charge >= 0.3 is 0 Å². The minimum absolute atomic E-state index is 0.107. The van der Waals surface area contributed by atoms with Gasteiger partial charge in [-0.15, -0.1) is 0 Å². The number of ether oxygens (including phenoxy) is 1. The largest absolute Gasteiger partial charge is 0.508 e. The number of nitrogens with zero attached hydrogens (tertiary/aromatic N) is 1. The Morgan fingerprint density at radius 2 is 1.91 bits per heavy atom. The lowest BCUT2D eigenvalue weighted by Crippen LogP contribution is -2.21. The average molecular weight is 453 g/mol. The van der Waals surface area contributed by atoms with E-state index in [1.807, 2.05) is 6.07 Å². The maximum Gasteiger partial charge on any atom is 0.131 e. The van der Waals surface area contributed by atoms with Crippen molar-refractivity contribution in [3.63, 3.8) is 0 Å². The van der Waals surface area contributed by atoms with Crippen LogP contribution in [0.2, 0.25) is 0 Å². The number of carbonyl (C=O) groups is 1. The third kappa shape index (κ3) is 4.70. The number of aromatic hydroxyl groups is 1. The Morgan fingerprint density at radius 3 is 2.58 bits per heavy atom. The highest BCUT2D eigenvalue weighted by Crippen LogP contribution is 2.46. The zero-order chi connectivity index (χ0) is 23.4. The molecule has 0 unspecified atom stereocenters. The third-order valence-electron chi connectivity index (χ3n) is 6.53. The van der Waals surface area contributed by atoms with E-state index >= 15 is 4.39 Å². The van der Waals surface area contributed by atoms with E-state index in [4.69, 9.17) is 14.8 Å². The molecule has 7 heteroatoms. The van der Waals surface area contributed by atoms with Crippen molar-refractivity contribution in [1.82, 2.24) is 4.98 Å². The molecule has 1 aliphatic carbocycles. The van der Waals surface area contributed by atoms with E-state index in [1.54, 1.807) is 30.3 Å². The van der Waals surface area contributed by atoms with Crippen molar-refractivity contribution in [2.24, 2.45) is 5.41 Å². The van der Waals surface area contributed by atoms with Gasteiger partial charge in [0.25, 0.3) is 0 Å². The molecule has 0 spiro atoms. The molecular formula is C26H29FN2O4. The third-order valence-corrected chi connectivity index (χ3v) is 6.53. The molecule has 5 rings (SSSR count). The fourth-order valence-corrected chi connectivity index (χ4v) is 4.50. The molecule has 6 nitrogen and oxygen atoms in total. The van der Waals surface area contributed by atoms with Crippen LogP contribution in [0.15, 0.2) is 42.5 Å². The lowest BCUT2D eigenvalue weighted by atomic mass is 9.84. The van der Waals surface area contributed by atoms with Crippen LogP contribution in [0, 0.1) is 11.2 Å². The number of aldehydes is 1. The molecule has 0 radical (unpaired) electrons. The molecule has 1 aliphatic heterocycles. The number of phenolic OH excluding ortho intramolecular Hbond substituents is 1. The summed E-state index contributed by atoms with van der Waals surface area (Å²) in [6, 6.07) is 11.8. The molecule has 1 saturated heterocycles. The first-order valence-electron chi connectivity index (χ1n) is 11.2. The number of carbonyl (C=O) groups excluding carboxylic acids is 1. The van der Waals surface area contributed by atoms with E-state index in [-0.39, 0.29) is 22.9 Å². The fraction of sp³-hybridized carbons (Fsp3) is 0.385. The van der Waals surface area contributed by atoms with E-state index in [1.165, 1.54) is 6.07 Å². The van der Waals surface area contributed by atoms with Gasteiger partial charge < -0.3 is 25.1 Å². The predicted octanol–water partition coefficient (Wildman–Crippen LogP) is 4.64. The Morgan fingerprint density at radius 1 is 1.18 bits per heavy atom. The van der Waals surface area contributed by atoms with Gasteiger partial charge in [0.2, 0.25) is 0 Å². The van der Waals surface area contributed by atoms with Crippen LogP contribution in [0.1, 0.15) is 37.2 Å². The Balaban J connectivity index is 0.00000126. The molecule has 0 amide bonds. The topological polar surface area (TPSA) is 91.7 Å². The monoisotopic (exact) mass is 452 g/mol. The first-order chi connectivity index (χ1) is 16.1. The number of fused-ring (bicyclic) bond motifs is 1. The molecule has 3 aromatic rings. The first kappa shape index (κ1) is 23.1. The Kier molecular flexibility index (Phi) is 6.91. The highest BCUT2D eigenvalue weighted by atomic mass is 19.1. The van der Waals surface area contributed by atoms with E-state index < -0.39 is 0 Å². The number of rotatable bonds is 6. The van der Waals surface area contributed by atoms with Crippen LogP contribution >= 0.6 is 0 Å². The van der Waals surface area contributed by atoms with E-state index in [2.05, 4.69) is 5.32 Å². The number of anilines is 1. The number of pyridine rings is 1. The van der Waals surface area contributed by atoms with Gasteiger partial charge in [0, 0.05) is 60.4 Å². The second-order valence-corrected chi connectivity index (χ2v) is 8.65. The molecular weight excluding hydrogens is 423 g/mol. The molecule has 2 fully saturated rings. The molecule has 2 heterocycles.